The van der Waals surface area contributed by atoms with Gasteiger partial charge in [0.25, 0.3) is 0 Å². The van der Waals surface area contributed by atoms with E-state index in [-0.39, 0.29) is 5.43 Å². The Labute approximate surface area is 172 Å². The predicted octanol–water partition coefficient (Wildman–Crippen LogP) is 6.61. The van der Waals surface area contributed by atoms with Crippen molar-refractivity contribution in [3.8, 4) is 0 Å². The van der Waals surface area contributed by atoms with Crippen LogP contribution >= 0.6 is 22.9 Å². The predicted molar refractivity (Wildman–Crippen MR) is 121 cm³/mol. The molecule has 0 atom stereocenters. The van der Waals surface area contributed by atoms with Gasteiger partial charge in [-0.1, -0.05) is 49.1 Å². The standard InChI is InChI=1S/C23H21ClN2OS/c24-15-10-11-19-17(12-15)21(27)20-16-8-4-5-9-18(16)26-23(22(20)28-19)25-13-14-6-2-1-3-7-14/h4-5,8-12,14H,1-3,6-7,13H2,(H,25,26). The van der Waals surface area contributed by atoms with Crippen molar-refractivity contribution in [2.45, 2.75) is 32.1 Å². The highest BCUT2D eigenvalue weighted by Gasteiger charge is 2.17. The minimum Gasteiger partial charge on any atom is -0.369 e. The first kappa shape index (κ1) is 17.9. The topological polar surface area (TPSA) is 42.0 Å². The number of pyridine rings is 1. The zero-order chi connectivity index (χ0) is 19.1. The number of benzene rings is 2. The number of nitrogens with zero attached hydrogens (tertiary/aromatic N) is 1. The van der Waals surface area contributed by atoms with E-state index in [1.165, 1.54) is 32.1 Å². The largest absolute Gasteiger partial charge is 0.369 e. The van der Waals surface area contributed by atoms with E-state index in [0.717, 1.165) is 38.1 Å². The molecule has 0 aliphatic heterocycles. The molecule has 0 saturated heterocycles. The van der Waals surface area contributed by atoms with Crippen molar-refractivity contribution in [1.29, 1.82) is 0 Å². The normalized spacial score (nSPS) is 15.5. The van der Waals surface area contributed by atoms with Crippen LogP contribution in [0.1, 0.15) is 32.1 Å². The van der Waals surface area contributed by atoms with Crippen LogP contribution in [-0.4, -0.2) is 11.5 Å². The van der Waals surface area contributed by atoms with Gasteiger partial charge >= 0.3 is 0 Å². The third-order valence-corrected chi connectivity index (χ3v) is 7.17. The zero-order valence-electron chi connectivity index (χ0n) is 15.5. The molecule has 1 aliphatic rings. The van der Waals surface area contributed by atoms with Gasteiger partial charge in [-0.25, -0.2) is 4.98 Å². The molecule has 5 rings (SSSR count). The van der Waals surface area contributed by atoms with Crippen LogP contribution in [0.5, 0.6) is 0 Å². The molecular formula is C23H21ClN2OS. The number of nitrogens with one attached hydrogen (secondary N) is 1. The molecule has 4 aromatic rings. The van der Waals surface area contributed by atoms with E-state index in [2.05, 4.69) is 5.32 Å². The first-order valence-corrected chi connectivity index (χ1v) is 11.1. The van der Waals surface area contributed by atoms with Gasteiger partial charge in [0.05, 0.1) is 15.6 Å². The lowest BCUT2D eigenvalue weighted by Crippen LogP contribution is -2.18. The summed E-state index contributed by atoms with van der Waals surface area (Å²) in [5, 5.41) is 6.51. The molecule has 2 aromatic heterocycles. The van der Waals surface area contributed by atoms with Crippen molar-refractivity contribution in [1.82, 2.24) is 4.98 Å². The second-order valence-corrected chi connectivity index (χ2v) is 9.13. The molecule has 2 heterocycles. The maximum absolute atomic E-state index is 13.4. The summed E-state index contributed by atoms with van der Waals surface area (Å²) in [6.07, 6.45) is 6.53. The van der Waals surface area contributed by atoms with Crippen molar-refractivity contribution in [3.63, 3.8) is 0 Å². The Hall–Kier alpha value is -2.17. The molecular weight excluding hydrogens is 388 g/mol. The first-order valence-electron chi connectivity index (χ1n) is 9.89. The van der Waals surface area contributed by atoms with E-state index in [1.807, 2.05) is 36.4 Å². The van der Waals surface area contributed by atoms with E-state index < -0.39 is 0 Å². The number of para-hydroxylation sites is 1. The summed E-state index contributed by atoms with van der Waals surface area (Å²) in [5.41, 5.74) is 0.886. The number of hydrogen-bond acceptors (Lipinski definition) is 4. The van der Waals surface area contributed by atoms with Crippen LogP contribution in [0.3, 0.4) is 0 Å². The molecule has 1 saturated carbocycles. The van der Waals surface area contributed by atoms with E-state index in [0.29, 0.717) is 16.3 Å². The molecule has 0 spiro atoms. The molecule has 5 heteroatoms. The summed E-state index contributed by atoms with van der Waals surface area (Å²) in [5.74, 6) is 1.52. The van der Waals surface area contributed by atoms with Crippen LogP contribution in [0.15, 0.2) is 47.3 Å². The molecule has 0 amide bonds. The summed E-state index contributed by atoms with van der Waals surface area (Å²) in [7, 11) is 0. The number of rotatable bonds is 3. The SMILES string of the molecule is O=c1c2cc(Cl)ccc2sc2c(NCC3CCCCC3)nc3ccccc3c12. The van der Waals surface area contributed by atoms with Crippen LogP contribution in [0.2, 0.25) is 5.02 Å². The zero-order valence-corrected chi connectivity index (χ0v) is 17.1. The van der Waals surface area contributed by atoms with Gasteiger partial charge < -0.3 is 5.32 Å². The summed E-state index contributed by atoms with van der Waals surface area (Å²) in [6, 6.07) is 13.5. The summed E-state index contributed by atoms with van der Waals surface area (Å²) >= 11 is 7.79. The molecule has 0 unspecified atom stereocenters. The van der Waals surface area contributed by atoms with Crippen LogP contribution in [0, 0.1) is 5.92 Å². The molecule has 1 aliphatic carbocycles. The molecule has 0 bridgehead atoms. The van der Waals surface area contributed by atoms with Gasteiger partial charge in [-0.05, 0) is 43.0 Å². The van der Waals surface area contributed by atoms with Crippen molar-refractivity contribution in [2.24, 2.45) is 5.92 Å². The average Bonchev–Trinajstić information content (AvgIpc) is 2.73. The van der Waals surface area contributed by atoms with E-state index >= 15 is 0 Å². The van der Waals surface area contributed by atoms with Crippen LogP contribution in [0.4, 0.5) is 5.82 Å². The quantitative estimate of drug-likeness (QED) is 0.306. The van der Waals surface area contributed by atoms with Crippen molar-refractivity contribution in [3.05, 3.63) is 57.7 Å². The van der Waals surface area contributed by atoms with Gasteiger partial charge in [0.15, 0.2) is 5.43 Å². The summed E-state index contributed by atoms with van der Waals surface area (Å²) < 4.78 is 1.88. The fourth-order valence-corrected chi connectivity index (χ4v) is 5.59. The van der Waals surface area contributed by atoms with Gasteiger partial charge in [0.2, 0.25) is 0 Å². The van der Waals surface area contributed by atoms with Gasteiger partial charge in [-0.3, -0.25) is 4.79 Å². The van der Waals surface area contributed by atoms with E-state index in [9.17, 15) is 4.79 Å². The highest BCUT2D eigenvalue weighted by Crippen LogP contribution is 2.35. The number of halogens is 1. The van der Waals surface area contributed by atoms with Crippen LogP contribution in [-0.2, 0) is 0 Å². The Morgan fingerprint density at radius 3 is 2.75 bits per heavy atom. The molecule has 3 nitrogen and oxygen atoms in total. The lowest BCUT2D eigenvalue weighted by atomic mass is 9.89. The maximum atomic E-state index is 13.4. The van der Waals surface area contributed by atoms with Crippen LogP contribution in [0.25, 0.3) is 31.1 Å². The smallest absolute Gasteiger partial charge is 0.196 e. The molecule has 1 fully saturated rings. The Kier molecular flexibility index (Phi) is 4.69. The van der Waals surface area contributed by atoms with Crippen molar-refractivity contribution < 1.29 is 0 Å². The highest BCUT2D eigenvalue weighted by molar-refractivity contribution is 7.25. The van der Waals surface area contributed by atoms with E-state index in [4.69, 9.17) is 16.6 Å². The lowest BCUT2D eigenvalue weighted by molar-refractivity contribution is 0.373. The fourth-order valence-electron chi connectivity index (χ4n) is 4.28. The minimum absolute atomic E-state index is 0.0329. The molecule has 0 radical (unpaired) electrons. The second-order valence-electron chi connectivity index (χ2n) is 7.64. The molecule has 142 valence electrons. The summed E-state index contributed by atoms with van der Waals surface area (Å²) in [4.78, 5) is 18.3. The van der Waals surface area contributed by atoms with E-state index in [1.54, 1.807) is 17.4 Å². The van der Waals surface area contributed by atoms with Gasteiger partial charge in [0, 0.05) is 27.0 Å². The number of anilines is 1. The Morgan fingerprint density at radius 2 is 1.89 bits per heavy atom. The van der Waals surface area contributed by atoms with Crippen molar-refractivity contribution in [2.75, 3.05) is 11.9 Å². The second kappa shape index (κ2) is 7.34. The van der Waals surface area contributed by atoms with Gasteiger partial charge in [-0.2, -0.15) is 0 Å². The number of aromatic nitrogens is 1. The van der Waals surface area contributed by atoms with Gasteiger partial charge in [-0.15, -0.1) is 11.3 Å². The Morgan fingerprint density at radius 1 is 1.07 bits per heavy atom. The monoisotopic (exact) mass is 408 g/mol. The molecule has 1 N–H and O–H groups in total. The highest BCUT2D eigenvalue weighted by atomic mass is 35.5. The Bertz CT molecular complexity index is 1240. The van der Waals surface area contributed by atoms with Gasteiger partial charge in [0.1, 0.15) is 5.82 Å². The first-order chi connectivity index (χ1) is 13.7. The van der Waals surface area contributed by atoms with Crippen molar-refractivity contribution >= 4 is 59.8 Å². The third kappa shape index (κ3) is 3.15. The number of hydrogen-bond donors (Lipinski definition) is 1. The minimum atomic E-state index is 0.0329. The fraction of sp³-hybridized carbons (Fsp3) is 0.304. The molecule has 2 aromatic carbocycles. The maximum Gasteiger partial charge on any atom is 0.196 e. The van der Waals surface area contributed by atoms with Crippen LogP contribution < -0.4 is 10.7 Å². The third-order valence-electron chi connectivity index (χ3n) is 5.76. The Balaban J connectivity index is 1.73. The number of fused-ring (bicyclic) bond motifs is 4. The molecule has 28 heavy (non-hydrogen) atoms. The lowest BCUT2D eigenvalue weighted by Gasteiger charge is -2.22. The average molecular weight is 409 g/mol. The summed E-state index contributed by atoms with van der Waals surface area (Å²) in [6.45, 7) is 0.917.